The van der Waals surface area contributed by atoms with Crippen LogP contribution in [0.5, 0.6) is 0 Å². The molecule has 1 heterocycles. The second-order valence-corrected chi connectivity index (χ2v) is 7.78. The lowest BCUT2D eigenvalue weighted by Crippen LogP contribution is -2.56. The minimum absolute atomic E-state index is 0.384. The first-order chi connectivity index (χ1) is 11.0. The lowest BCUT2D eigenvalue weighted by atomic mass is 9.68. The third-order valence-corrected chi connectivity index (χ3v) is 5.50. The molecule has 0 spiro atoms. The molecule has 3 rings (SSSR count). The maximum atomic E-state index is 11.1. The van der Waals surface area contributed by atoms with E-state index in [1.54, 1.807) is 0 Å². The van der Waals surface area contributed by atoms with Crippen LogP contribution in [0.2, 0.25) is 0 Å². The molecule has 0 unspecified atom stereocenters. The molecule has 0 aromatic heterocycles. The van der Waals surface area contributed by atoms with Gasteiger partial charge in [0, 0.05) is 12.8 Å². The van der Waals surface area contributed by atoms with Crippen LogP contribution in [0, 0.1) is 0 Å². The highest BCUT2D eigenvalue weighted by atomic mass is 16.7. The average molecular weight is 333 g/mol. The quantitative estimate of drug-likeness (QED) is 0.732. The average Bonchev–Trinajstić information content (AvgIpc) is 2.65. The number of rotatable bonds is 3. The molecule has 2 fully saturated rings. The summed E-state index contributed by atoms with van der Waals surface area (Å²) in [5.41, 5.74) is 0.221. The Morgan fingerprint density at radius 3 is 2.04 bits per heavy atom. The standard InChI is InChI=1S/C17H24BNO5/c1-15(2)16(3,4)24-18(23-15)12-7-5-11(6-8-12)17(19-14(21)22)9-13(20)10-17/h5-8,13,19-20H,9-10H2,1-4H3,(H,21,22). The third kappa shape index (κ3) is 2.81. The van der Waals surface area contributed by atoms with E-state index in [0.717, 1.165) is 11.0 Å². The summed E-state index contributed by atoms with van der Waals surface area (Å²) in [5.74, 6) is 0. The number of hydrogen-bond donors (Lipinski definition) is 3. The first kappa shape index (κ1) is 17.3. The van der Waals surface area contributed by atoms with E-state index in [1.807, 2.05) is 52.0 Å². The maximum absolute atomic E-state index is 11.1. The van der Waals surface area contributed by atoms with Gasteiger partial charge in [0.05, 0.1) is 22.8 Å². The molecule has 0 atom stereocenters. The van der Waals surface area contributed by atoms with E-state index in [2.05, 4.69) is 5.32 Å². The van der Waals surface area contributed by atoms with E-state index >= 15 is 0 Å². The lowest BCUT2D eigenvalue weighted by Gasteiger charge is -2.45. The SMILES string of the molecule is CC1(C)OB(c2ccc(C3(NC(=O)O)CC(O)C3)cc2)OC1(C)C. The Morgan fingerprint density at radius 2 is 1.62 bits per heavy atom. The Labute approximate surface area is 142 Å². The van der Waals surface area contributed by atoms with Crippen LogP contribution in [0.15, 0.2) is 24.3 Å². The minimum Gasteiger partial charge on any atom is -0.465 e. The second-order valence-electron chi connectivity index (χ2n) is 7.78. The fourth-order valence-electron chi connectivity index (χ4n) is 3.30. The Bertz CT molecular complexity index is 621. The number of carbonyl (C=O) groups is 1. The summed E-state index contributed by atoms with van der Waals surface area (Å²) in [6.45, 7) is 8.01. The lowest BCUT2D eigenvalue weighted by molar-refractivity contribution is 0.00172. The van der Waals surface area contributed by atoms with Crippen LogP contribution in [-0.2, 0) is 14.8 Å². The van der Waals surface area contributed by atoms with Gasteiger partial charge < -0.3 is 24.8 Å². The van der Waals surface area contributed by atoms with E-state index in [-0.39, 0.29) is 0 Å². The van der Waals surface area contributed by atoms with Crippen LogP contribution < -0.4 is 10.8 Å². The predicted octanol–water partition coefficient (Wildman–Crippen LogP) is 1.60. The summed E-state index contributed by atoms with van der Waals surface area (Å²) in [6.07, 6.45) is -0.791. The van der Waals surface area contributed by atoms with E-state index in [4.69, 9.17) is 14.4 Å². The maximum Gasteiger partial charge on any atom is 0.494 e. The van der Waals surface area contributed by atoms with Gasteiger partial charge in [0.2, 0.25) is 0 Å². The van der Waals surface area contributed by atoms with E-state index < -0.39 is 36.1 Å². The van der Waals surface area contributed by atoms with E-state index in [1.165, 1.54) is 0 Å². The molecule has 24 heavy (non-hydrogen) atoms. The molecule has 7 heteroatoms. The van der Waals surface area contributed by atoms with Gasteiger partial charge in [-0.1, -0.05) is 24.3 Å². The molecule has 1 saturated carbocycles. The van der Waals surface area contributed by atoms with E-state index in [0.29, 0.717) is 12.8 Å². The highest BCUT2D eigenvalue weighted by Crippen LogP contribution is 2.41. The highest BCUT2D eigenvalue weighted by molar-refractivity contribution is 6.62. The van der Waals surface area contributed by atoms with Crippen LogP contribution in [0.25, 0.3) is 0 Å². The van der Waals surface area contributed by atoms with Crippen molar-refractivity contribution in [1.29, 1.82) is 0 Å². The van der Waals surface area contributed by atoms with Crippen molar-refractivity contribution >= 4 is 18.7 Å². The summed E-state index contributed by atoms with van der Waals surface area (Å²) >= 11 is 0. The second kappa shape index (κ2) is 5.47. The molecule has 1 aromatic carbocycles. The normalized spacial score (nSPS) is 30.7. The molecule has 130 valence electrons. The third-order valence-electron chi connectivity index (χ3n) is 5.50. The monoisotopic (exact) mass is 333 g/mol. The van der Waals surface area contributed by atoms with Crippen molar-refractivity contribution in [2.75, 3.05) is 0 Å². The Kier molecular flexibility index (Phi) is 3.94. The topological polar surface area (TPSA) is 88.0 Å². The number of carboxylic acid groups (broad SMARTS) is 1. The summed E-state index contributed by atoms with van der Waals surface area (Å²) < 4.78 is 12.1. The number of aliphatic hydroxyl groups is 1. The molecular weight excluding hydrogens is 309 g/mol. The Balaban J connectivity index is 1.80. The molecule has 1 aromatic rings. The molecule has 2 aliphatic rings. The molecule has 1 amide bonds. The number of nitrogens with one attached hydrogen (secondary N) is 1. The molecule has 0 radical (unpaired) electrons. The highest BCUT2D eigenvalue weighted by Gasteiger charge is 2.52. The molecule has 1 aliphatic heterocycles. The van der Waals surface area contributed by atoms with Gasteiger partial charge >= 0.3 is 13.2 Å². The van der Waals surface area contributed by atoms with Crippen LogP contribution >= 0.6 is 0 Å². The zero-order valence-corrected chi connectivity index (χ0v) is 14.5. The van der Waals surface area contributed by atoms with Crippen LogP contribution in [0.4, 0.5) is 4.79 Å². The van der Waals surface area contributed by atoms with Crippen LogP contribution in [0.1, 0.15) is 46.1 Å². The zero-order valence-electron chi connectivity index (χ0n) is 14.5. The first-order valence-corrected chi connectivity index (χ1v) is 8.20. The minimum atomic E-state index is -1.09. The number of amides is 1. The van der Waals surface area contributed by atoms with Gasteiger partial charge in [0.15, 0.2) is 0 Å². The summed E-state index contributed by atoms with van der Waals surface area (Å²) in [4.78, 5) is 11.1. The fraction of sp³-hybridized carbons (Fsp3) is 0.588. The van der Waals surface area contributed by atoms with Gasteiger partial charge in [-0.15, -0.1) is 0 Å². The summed E-state index contributed by atoms with van der Waals surface area (Å²) in [5, 5.41) is 21.2. The van der Waals surface area contributed by atoms with Gasteiger partial charge in [-0.3, -0.25) is 0 Å². The largest absolute Gasteiger partial charge is 0.494 e. The van der Waals surface area contributed by atoms with Crippen molar-refractivity contribution in [3.63, 3.8) is 0 Å². The molecule has 0 bridgehead atoms. The Hall–Kier alpha value is -1.57. The molecule has 1 aliphatic carbocycles. The van der Waals surface area contributed by atoms with Gasteiger partial charge in [-0.2, -0.15) is 0 Å². The zero-order chi connectivity index (χ0) is 17.8. The van der Waals surface area contributed by atoms with Crippen LogP contribution in [0.3, 0.4) is 0 Å². The Morgan fingerprint density at radius 1 is 1.12 bits per heavy atom. The van der Waals surface area contributed by atoms with Gasteiger partial charge in [0.25, 0.3) is 0 Å². The number of hydrogen-bond acceptors (Lipinski definition) is 4. The van der Waals surface area contributed by atoms with Gasteiger partial charge in [0.1, 0.15) is 0 Å². The summed E-state index contributed by atoms with van der Waals surface area (Å²) in [7, 11) is -0.445. The molecular formula is C17H24BNO5. The van der Waals surface area contributed by atoms with Crippen molar-refractivity contribution in [3.05, 3.63) is 29.8 Å². The first-order valence-electron chi connectivity index (χ1n) is 8.20. The number of benzene rings is 1. The molecule has 1 saturated heterocycles. The summed E-state index contributed by atoms with van der Waals surface area (Å²) in [6, 6.07) is 7.55. The van der Waals surface area contributed by atoms with Crippen molar-refractivity contribution in [3.8, 4) is 0 Å². The van der Waals surface area contributed by atoms with Crippen molar-refractivity contribution < 1.29 is 24.3 Å². The van der Waals surface area contributed by atoms with Gasteiger partial charge in [-0.05, 0) is 38.7 Å². The van der Waals surface area contributed by atoms with Crippen molar-refractivity contribution in [1.82, 2.24) is 5.32 Å². The predicted molar refractivity (Wildman–Crippen MR) is 90.2 cm³/mol. The fourth-order valence-corrected chi connectivity index (χ4v) is 3.30. The van der Waals surface area contributed by atoms with E-state index in [9.17, 15) is 9.90 Å². The smallest absolute Gasteiger partial charge is 0.465 e. The van der Waals surface area contributed by atoms with Crippen molar-refractivity contribution in [2.24, 2.45) is 0 Å². The van der Waals surface area contributed by atoms with Gasteiger partial charge in [-0.25, -0.2) is 4.79 Å². The van der Waals surface area contributed by atoms with Crippen LogP contribution in [-0.4, -0.2) is 40.7 Å². The number of aliphatic hydroxyl groups excluding tert-OH is 1. The molecule has 6 nitrogen and oxygen atoms in total. The molecule has 3 N–H and O–H groups in total. The van der Waals surface area contributed by atoms with Crippen molar-refractivity contribution in [2.45, 2.75) is 63.4 Å².